The first-order valence-corrected chi connectivity index (χ1v) is 8.80. The van der Waals surface area contributed by atoms with Gasteiger partial charge in [-0.25, -0.2) is 9.78 Å². The molecule has 0 saturated carbocycles. The highest BCUT2D eigenvalue weighted by Gasteiger charge is 2.20. The Hall–Kier alpha value is -2.95. The van der Waals surface area contributed by atoms with E-state index in [1.807, 2.05) is 14.0 Å². The zero-order valence-corrected chi connectivity index (χ0v) is 15.2. The molecule has 0 bridgehead atoms. The minimum Gasteiger partial charge on any atom is -0.383 e. The third-order valence-corrected chi connectivity index (χ3v) is 4.93. The molecule has 10 nitrogen and oxygen atoms in total. The lowest BCUT2D eigenvalue weighted by molar-refractivity contribution is -0.109. The lowest BCUT2D eigenvalue weighted by Crippen LogP contribution is -2.20. The largest absolute Gasteiger partial charge is 0.442 e. The Labute approximate surface area is 152 Å². The van der Waals surface area contributed by atoms with Crippen LogP contribution in [0.15, 0.2) is 20.9 Å². The van der Waals surface area contributed by atoms with Gasteiger partial charge in [0.2, 0.25) is 6.41 Å². The van der Waals surface area contributed by atoms with Gasteiger partial charge >= 0.3 is 5.76 Å². The van der Waals surface area contributed by atoms with E-state index in [4.69, 9.17) is 10.3 Å². The van der Waals surface area contributed by atoms with Crippen LogP contribution < -0.4 is 16.8 Å². The monoisotopic (exact) mass is 377 g/mol. The van der Waals surface area contributed by atoms with Crippen LogP contribution in [-0.4, -0.2) is 37.4 Å². The maximum Gasteiger partial charge on any atom is 0.442 e. The first-order chi connectivity index (χ1) is 12.5. The fourth-order valence-corrected chi connectivity index (χ4v) is 3.38. The summed E-state index contributed by atoms with van der Waals surface area (Å²) in [5, 5.41) is 13.3. The number of amides is 1. The Balaban J connectivity index is 1.87. The van der Waals surface area contributed by atoms with Crippen molar-refractivity contribution in [1.29, 1.82) is 0 Å². The van der Waals surface area contributed by atoms with Crippen LogP contribution in [0.25, 0.3) is 0 Å². The molecule has 0 aromatic carbocycles. The van der Waals surface area contributed by atoms with Gasteiger partial charge in [0.15, 0.2) is 5.82 Å². The fourth-order valence-electron chi connectivity index (χ4n) is 2.70. The van der Waals surface area contributed by atoms with Gasteiger partial charge < -0.3 is 11.1 Å². The molecule has 26 heavy (non-hydrogen) atoms. The number of nitrogens with two attached hydrogens (primary N) is 1. The molecule has 3 heterocycles. The van der Waals surface area contributed by atoms with Crippen molar-refractivity contribution in [2.75, 3.05) is 12.3 Å². The molecule has 138 valence electrons. The van der Waals surface area contributed by atoms with Crippen molar-refractivity contribution in [2.24, 2.45) is 7.05 Å². The van der Waals surface area contributed by atoms with Gasteiger partial charge in [0, 0.05) is 30.6 Å². The van der Waals surface area contributed by atoms with E-state index in [2.05, 4.69) is 20.6 Å². The molecule has 0 aliphatic carbocycles. The zero-order chi connectivity index (χ0) is 18.7. The van der Waals surface area contributed by atoms with Crippen molar-refractivity contribution >= 4 is 23.6 Å². The topological polar surface area (TPSA) is 134 Å². The Morgan fingerprint density at radius 1 is 1.50 bits per heavy atom. The minimum absolute atomic E-state index is 0.0646. The van der Waals surface area contributed by atoms with E-state index >= 15 is 0 Å². The summed E-state index contributed by atoms with van der Waals surface area (Å²) in [5.74, 6) is 0.411. The molecule has 0 unspecified atom stereocenters. The van der Waals surface area contributed by atoms with Crippen molar-refractivity contribution in [3.8, 4) is 0 Å². The molecule has 0 aliphatic rings. The number of thiazole rings is 1. The standard InChI is InChI=1S/C15H19N7O3S/c1-9(4-17-8-23)10-5-18-21(2)11(10)3-13-20-25-15(24)22(13)6-14-19-12(16)7-26-14/h5,7-9H,3-4,6,16H2,1-2H3,(H,17,23)/t9-/m1/s1. The van der Waals surface area contributed by atoms with Crippen LogP contribution in [0, 0.1) is 0 Å². The zero-order valence-electron chi connectivity index (χ0n) is 14.4. The van der Waals surface area contributed by atoms with Crippen molar-refractivity contribution in [3.05, 3.63) is 44.2 Å². The molecule has 1 atom stereocenters. The van der Waals surface area contributed by atoms with E-state index in [-0.39, 0.29) is 12.5 Å². The average Bonchev–Trinajstić information content (AvgIpc) is 3.29. The normalized spacial score (nSPS) is 12.2. The van der Waals surface area contributed by atoms with Gasteiger partial charge in [0.1, 0.15) is 10.8 Å². The summed E-state index contributed by atoms with van der Waals surface area (Å²) in [6, 6.07) is 0. The number of hydrogen-bond acceptors (Lipinski definition) is 8. The summed E-state index contributed by atoms with van der Waals surface area (Å²) >= 11 is 1.37. The second-order valence-corrected chi connectivity index (χ2v) is 6.83. The number of nitrogens with zero attached hydrogens (tertiary/aromatic N) is 5. The predicted molar refractivity (Wildman–Crippen MR) is 94.9 cm³/mol. The number of anilines is 1. The minimum atomic E-state index is -0.548. The third-order valence-electron chi connectivity index (χ3n) is 4.08. The molecule has 3 aromatic heterocycles. The average molecular weight is 377 g/mol. The number of aromatic nitrogens is 5. The number of nitrogens with one attached hydrogen (secondary N) is 1. The summed E-state index contributed by atoms with van der Waals surface area (Å²) in [6.07, 6.45) is 2.79. The quantitative estimate of drug-likeness (QED) is 0.532. The summed E-state index contributed by atoms with van der Waals surface area (Å²) in [5.41, 5.74) is 7.51. The molecule has 11 heteroatoms. The van der Waals surface area contributed by atoms with Crippen molar-refractivity contribution in [1.82, 2.24) is 29.8 Å². The Morgan fingerprint density at radius 2 is 2.31 bits per heavy atom. The number of nitrogen functional groups attached to an aromatic ring is 1. The molecule has 3 rings (SSSR count). The maximum absolute atomic E-state index is 12.0. The summed E-state index contributed by atoms with van der Waals surface area (Å²) in [4.78, 5) is 26.7. The Bertz CT molecular complexity index is 955. The molecule has 0 radical (unpaired) electrons. The molecule has 0 fully saturated rings. The molecule has 3 N–H and O–H groups in total. The van der Waals surface area contributed by atoms with E-state index < -0.39 is 5.76 Å². The summed E-state index contributed by atoms with van der Waals surface area (Å²) in [6.45, 7) is 2.73. The predicted octanol–water partition coefficient (Wildman–Crippen LogP) is 0.0971. The van der Waals surface area contributed by atoms with Gasteiger partial charge in [-0.3, -0.25) is 18.6 Å². The van der Waals surface area contributed by atoms with Crippen LogP contribution in [-0.2, 0) is 24.8 Å². The van der Waals surface area contributed by atoms with Crippen LogP contribution in [0.5, 0.6) is 0 Å². The molecule has 3 aromatic rings. The van der Waals surface area contributed by atoms with E-state index in [1.54, 1.807) is 16.3 Å². The molecule has 0 aliphatic heterocycles. The van der Waals surface area contributed by atoms with Gasteiger partial charge in [-0.2, -0.15) is 5.10 Å². The second-order valence-electron chi connectivity index (χ2n) is 5.89. The highest BCUT2D eigenvalue weighted by atomic mass is 32.1. The highest BCUT2D eigenvalue weighted by Crippen LogP contribution is 2.21. The van der Waals surface area contributed by atoms with Crippen molar-refractivity contribution in [3.63, 3.8) is 0 Å². The molecule has 0 saturated heterocycles. The molecular formula is C15H19N7O3S. The maximum atomic E-state index is 12.0. The van der Waals surface area contributed by atoms with E-state index in [0.717, 1.165) is 11.3 Å². The van der Waals surface area contributed by atoms with Crippen LogP contribution >= 0.6 is 11.3 Å². The first-order valence-electron chi connectivity index (χ1n) is 7.92. The number of carbonyl (C=O) groups excluding carboxylic acids is 1. The highest BCUT2D eigenvalue weighted by molar-refractivity contribution is 7.10. The number of hydrogen-bond donors (Lipinski definition) is 2. The van der Waals surface area contributed by atoms with E-state index in [9.17, 15) is 9.59 Å². The SMILES string of the molecule is C[C@H](CNC=O)c1cnn(C)c1Cc1noc(=O)n1Cc1nc(N)cs1. The lowest BCUT2D eigenvalue weighted by Gasteiger charge is -2.12. The molecule has 1 amide bonds. The van der Waals surface area contributed by atoms with Crippen LogP contribution in [0.4, 0.5) is 5.82 Å². The molecule has 0 spiro atoms. The summed E-state index contributed by atoms with van der Waals surface area (Å²) < 4.78 is 8.01. The van der Waals surface area contributed by atoms with Crippen molar-refractivity contribution < 1.29 is 9.32 Å². The smallest absolute Gasteiger partial charge is 0.383 e. The van der Waals surface area contributed by atoms with Gasteiger partial charge in [-0.05, 0) is 5.56 Å². The van der Waals surface area contributed by atoms with Gasteiger partial charge in [0.05, 0.1) is 19.2 Å². The lowest BCUT2D eigenvalue weighted by atomic mass is 10.00. The Morgan fingerprint density at radius 3 is 3.00 bits per heavy atom. The van der Waals surface area contributed by atoms with Gasteiger partial charge in [-0.15, -0.1) is 11.3 Å². The summed E-state index contributed by atoms with van der Waals surface area (Å²) in [7, 11) is 1.82. The van der Waals surface area contributed by atoms with Gasteiger partial charge in [0.25, 0.3) is 0 Å². The third kappa shape index (κ3) is 3.67. The second kappa shape index (κ2) is 7.52. The number of rotatable bonds is 8. The molecular weight excluding hydrogens is 358 g/mol. The fraction of sp³-hybridized carbons (Fsp3) is 0.400. The van der Waals surface area contributed by atoms with Crippen molar-refractivity contribution in [2.45, 2.75) is 25.8 Å². The van der Waals surface area contributed by atoms with Crippen LogP contribution in [0.3, 0.4) is 0 Å². The Kier molecular flexibility index (Phi) is 5.16. The van der Waals surface area contributed by atoms with E-state index in [0.29, 0.717) is 36.0 Å². The number of carbonyl (C=O) groups is 1. The van der Waals surface area contributed by atoms with Gasteiger partial charge in [-0.1, -0.05) is 12.1 Å². The van der Waals surface area contributed by atoms with Crippen LogP contribution in [0.1, 0.15) is 34.9 Å². The van der Waals surface area contributed by atoms with Crippen LogP contribution in [0.2, 0.25) is 0 Å². The number of aryl methyl sites for hydroxylation is 1. The first kappa shape index (κ1) is 17.9. The van der Waals surface area contributed by atoms with E-state index in [1.165, 1.54) is 15.9 Å².